The van der Waals surface area contributed by atoms with Gasteiger partial charge >= 0.3 is 42.3 Å². The largest absolute Gasteiger partial charge is 0.462 e. The lowest BCUT2D eigenvalue weighted by Gasteiger charge is -2.38. The average molecular weight is 404 g/mol. The number of halogens is 16. The quantitative estimate of drug-likeness (QED) is 0.585. The maximum Gasteiger partial charge on any atom is 0.462 e. The van der Waals surface area contributed by atoms with Crippen molar-refractivity contribution in [2.45, 2.75) is 42.3 Å². The third kappa shape index (κ3) is 3.30. The van der Waals surface area contributed by atoms with E-state index in [0.717, 1.165) is 4.74 Å². The highest BCUT2D eigenvalue weighted by atomic mass is 19.4. The zero-order valence-electron chi connectivity index (χ0n) is 9.96. The minimum atomic E-state index is -8.02. The van der Waals surface area contributed by atoms with Gasteiger partial charge in [-0.25, -0.2) is 9.13 Å². The summed E-state index contributed by atoms with van der Waals surface area (Å²) in [5, 5.41) is 0. The van der Waals surface area contributed by atoms with Crippen LogP contribution in [0.5, 0.6) is 0 Å². The Bertz CT molecular complexity index is 437. The predicted molar refractivity (Wildman–Crippen MR) is 37.9 cm³/mol. The Morgan fingerprint density at radius 2 is 0.667 bits per heavy atom. The van der Waals surface area contributed by atoms with Crippen molar-refractivity contribution in [1.29, 1.82) is 0 Å². The lowest BCUT2D eigenvalue weighted by molar-refractivity contribution is -0.521. The first-order valence-electron chi connectivity index (χ1n) is 4.68. The van der Waals surface area contributed by atoms with Gasteiger partial charge in [-0.3, -0.25) is 0 Å². The normalized spacial score (nSPS) is 16.5. The highest BCUT2D eigenvalue weighted by Crippen LogP contribution is 2.58. The molecule has 0 aromatic heterocycles. The molecule has 146 valence electrons. The van der Waals surface area contributed by atoms with Crippen LogP contribution in [0.1, 0.15) is 0 Å². The second-order valence-electron chi connectivity index (χ2n) is 3.86. The van der Waals surface area contributed by atoms with Crippen molar-refractivity contribution in [1.82, 2.24) is 0 Å². The smallest absolute Gasteiger partial charge is 0.247 e. The first-order chi connectivity index (χ1) is 9.96. The maximum absolute atomic E-state index is 12.8. The van der Waals surface area contributed by atoms with E-state index in [0.29, 0.717) is 0 Å². The van der Waals surface area contributed by atoms with Crippen molar-refractivity contribution in [3.8, 4) is 0 Å². The van der Waals surface area contributed by atoms with Crippen molar-refractivity contribution in [2.24, 2.45) is 0 Å². The number of hydrogen-bond acceptors (Lipinski definition) is 1. The van der Waals surface area contributed by atoms with Crippen LogP contribution in [0.3, 0.4) is 0 Å². The SMILES string of the molecule is FC(F)(F)C(F)(F)C(F)(F)OC(F)(F)C(F)(C(F)(F)F)C(F)(F)F. The third-order valence-electron chi connectivity index (χ3n) is 2.16. The Morgan fingerprint density at radius 1 is 0.375 bits per heavy atom. The summed E-state index contributed by atoms with van der Waals surface area (Å²) < 4.78 is 195. The van der Waals surface area contributed by atoms with Crippen molar-refractivity contribution in [2.75, 3.05) is 0 Å². The van der Waals surface area contributed by atoms with Crippen LogP contribution in [-0.2, 0) is 4.74 Å². The molecular weight excluding hydrogens is 404 g/mol. The van der Waals surface area contributed by atoms with E-state index >= 15 is 0 Å². The van der Waals surface area contributed by atoms with Crippen molar-refractivity contribution >= 4 is 0 Å². The van der Waals surface area contributed by atoms with Crippen LogP contribution < -0.4 is 0 Å². The molecular formula is C7F16O. The molecule has 0 unspecified atom stereocenters. The van der Waals surface area contributed by atoms with E-state index in [4.69, 9.17) is 0 Å². The van der Waals surface area contributed by atoms with Crippen molar-refractivity contribution in [3.63, 3.8) is 0 Å². The minimum Gasteiger partial charge on any atom is -0.247 e. The second kappa shape index (κ2) is 5.42. The molecule has 0 amide bonds. The van der Waals surface area contributed by atoms with Gasteiger partial charge in [0, 0.05) is 0 Å². The molecule has 0 atom stereocenters. The molecule has 0 saturated carbocycles. The molecule has 0 aromatic rings. The zero-order valence-corrected chi connectivity index (χ0v) is 9.96. The lowest BCUT2D eigenvalue weighted by atomic mass is 10.0. The van der Waals surface area contributed by atoms with Crippen molar-refractivity contribution in [3.05, 3.63) is 0 Å². The second-order valence-corrected chi connectivity index (χ2v) is 3.86. The van der Waals surface area contributed by atoms with Crippen LogP contribution in [0.2, 0.25) is 0 Å². The van der Waals surface area contributed by atoms with E-state index in [1.54, 1.807) is 0 Å². The molecule has 0 bridgehead atoms. The van der Waals surface area contributed by atoms with Gasteiger partial charge in [0.25, 0.3) is 0 Å². The highest BCUT2D eigenvalue weighted by molar-refractivity contribution is 5.02. The fourth-order valence-corrected chi connectivity index (χ4v) is 0.951. The Hall–Kier alpha value is -1.16. The van der Waals surface area contributed by atoms with E-state index in [9.17, 15) is 70.2 Å². The van der Waals surface area contributed by atoms with Crippen LogP contribution in [0, 0.1) is 0 Å². The molecule has 0 radical (unpaired) electrons. The molecule has 0 N–H and O–H groups in total. The summed E-state index contributed by atoms with van der Waals surface area (Å²) in [5.41, 5.74) is -8.02. The topological polar surface area (TPSA) is 9.23 Å². The molecule has 0 aromatic carbocycles. The van der Waals surface area contributed by atoms with Gasteiger partial charge in [0.05, 0.1) is 0 Å². The first-order valence-corrected chi connectivity index (χ1v) is 4.68. The fourth-order valence-electron chi connectivity index (χ4n) is 0.951. The standard InChI is InChI=1S/C7F16O/c8-1(3(11,12)13,4(14,15)16)6(20,21)24-7(22,23)2(9,10)5(17,18)19. The highest BCUT2D eigenvalue weighted by Gasteiger charge is 2.88. The zero-order chi connectivity index (χ0) is 20.2. The van der Waals surface area contributed by atoms with Crippen LogP contribution in [0.15, 0.2) is 0 Å². The van der Waals surface area contributed by atoms with E-state index in [1.165, 1.54) is 0 Å². The van der Waals surface area contributed by atoms with E-state index in [-0.39, 0.29) is 0 Å². The molecule has 0 fully saturated rings. The lowest BCUT2D eigenvalue weighted by Crippen LogP contribution is -2.68. The molecule has 0 spiro atoms. The molecule has 0 saturated heterocycles. The number of alkyl halides is 16. The molecule has 1 nitrogen and oxygen atoms in total. The van der Waals surface area contributed by atoms with Crippen molar-refractivity contribution < 1.29 is 75.0 Å². The average Bonchev–Trinajstić information content (AvgIpc) is 2.20. The van der Waals surface area contributed by atoms with E-state index in [2.05, 4.69) is 0 Å². The van der Waals surface area contributed by atoms with Gasteiger partial charge in [-0.05, 0) is 0 Å². The molecule has 0 aliphatic heterocycles. The molecule has 0 aliphatic rings. The summed E-state index contributed by atoms with van der Waals surface area (Å²) in [6.45, 7) is 0. The van der Waals surface area contributed by atoms with Crippen LogP contribution in [-0.4, -0.2) is 42.3 Å². The summed E-state index contributed by atoms with van der Waals surface area (Å²) >= 11 is 0. The van der Waals surface area contributed by atoms with Crippen LogP contribution >= 0.6 is 0 Å². The molecule has 24 heavy (non-hydrogen) atoms. The van der Waals surface area contributed by atoms with E-state index < -0.39 is 42.3 Å². The Labute approximate surface area is 119 Å². The number of ether oxygens (including phenoxy) is 1. The van der Waals surface area contributed by atoms with Gasteiger partial charge in [0.15, 0.2) is 0 Å². The Balaban J connectivity index is 6.17. The van der Waals surface area contributed by atoms with Gasteiger partial charge in [-0.1, -0.05) is 0 Å². The van der Waals surface area contributed by atoms with Gasteiger partial charge in [0.1, 0.15) is 0 Å². The van der Waals surface area contributed by atoms with E-state index in [1.807, 2.05) is 0 Å². The summed E-state index contributed by atoms with van der Waals surface area (Å²) in [7, 11) is 0. The summed E-state index contributed by atoms with van der Waals surface area (Å²) in [5.74, 6) is -7.68. The molecule has 0 heterocycles. The molecule has 17 heteroatoms. The van der Waals surface area contributed by atoms with Gasteiger partial charge < -0.3 is 0 Å². The maximum atomic E-state index is 12.8. The van der Waals surface area contributed by atoms with Gasteiger partial charge in [-0.2, -0.15) is 65.9 Å². The summed E-state index contributed by atoms with van der Waals surface area (Å²) in [6, 6.07) is 0. The third-order valence-corrected chi connectivity index (χ3v) is 2.16. The number of rotatable bonds is 4. The predicted octanol–water partition coefficient (Wildman–Crippen LogP) is 5.22. The van der Waals surface area contributed by atoms with Crippen LogP contribution in [0.25, 0.3) is 0 Å². The van der Waals surface area contributed by atoms with Gasteiger partial charge in [-0.15, -0.1) is 0 Å². The monoisotopic (exact) mass is 404 g/mol. The molecule has 0 aliphatic carbocycles. The van der Waals surface area contributed by atoms with Gasteiger partial charge in [0.2, 0.25) is 0 Å². The fraction of sp³-hybridized carbons (Fsp3) is 1.00. The first kappa shape index (κ1) is 22.8. The minimum absolute atomic E-state index is 1.08. The Morgan fingerprint density at radius 3 is 0.875 bits per heavy atom. The number of hydrogen-bond donors (Lipinski definition) is 0. The molecule has 0 rings (SSSR count). The van der Waals surface area contributed by atoms with Crippen LogP contribution in [0.4, 0.5) is 70.2 Å². The Kier molecular flexibility index (Phi) is 5.16. The summed E-state index contributed by atoms with van der Waals surface area (Å²) in [6.07, 6.45) is -38.6. The summed E-state index contributed by atoms with van der Waals surface area (Å²) in [4.78, 5) is 0.